The number of halogens is 1. The Bertz CT molecular complexity index is 896. The predicted molar refractivity (Wildman–Crippen MR) is 92.1 cm³/mol. The second kappa shape index (κ2) is 7.14. The van der Waals surface area contributed by atoms with Crippen LogP contribution < -0.4 is 15.0 Å². The topological polar surface area (TPSA) is 88.1 Å². The standard InChI is InChI=1S/C18H14FN3O4/c1-26-12-8-6-11(7-9-12)22-17(24)13(16(23)21-18(22)25)10-20-15-5-3-2-4-14(15)19/h2-10,13H,1H3,(H,21,23,25)/t13-/m1/s1. The number of amides is 4. The number of anilines is 1. The summed E-state index contributed by atoms with van der Waals surface area (Å²) in [5.74, 6) is -2.98. The number of ether oxygens (including phenoxy) is 1. The van der Waals surface area contributed by atoms with Crippen molar-refractivity contribution in [3.8, 4) is 5.75 Å². The van der Waals surface area contributed by atoms with Gasteiger partial charge in [0.25, 0.3) is 5.91 Å². The van der Waals surface area contributed by atoms with Crippen LogP contribution in [-0.4, -0.2) is 31.2 Å². The number of barbiturate groups is 1. The number of nitrogens with one attached hydrogen (secondary N) is 1. The van der Waals surface area contributed by atoms with E-state index in [0.29, 0.717) is 5.75 Å². The van der Waals surface area contributed by atoms with Crippen molar-refractivity contribution in [2.75, 3.05) is 12.0 Å². The van der Waals surface area contributed by atoms with E-state index < -0.39 is 29.6 Å². The fourth-order valence-electron chi connectivity index (χ4n) is 2.41. The maximum Gasteiger partial charge on any atom is 0.335 e. The lowest BCUT2D eigenvalue weighted by molar-refractivity contribution is -0.131. The smallest absolute Gasteiger partial charge is 0.335 e. The Hall–Kier alpha value is -3.55. The minimum absolute atomic E-state index is 0.0130. The number of carbonyl (C=O) groups excluding carboxylic acids is 3. The second-order valence-corrected chi connectivity index (χ2v) is 5.37. The van der Waals surface area contributed by atoms with Crippen LogP contribution in [0.15, 0.2) is 53.5 Å². The van der Waals surface area contributed by atoms with Gasteiger partial charge in [0.2, 0.25) is 5.91 Å². The predicted octanol–water partition coefficient (Wildman–Crippen LogP) is 2.44. The molecule has 0 bridgehead atoms. The third-order valence-electron chi connectivity index (χ3n) is 3.75. The highest BCUT2D eigenvalue weighted by atomic mass is 19.1. The molecule has 0 radical (unpaired) electrons. The van der Waals surface area contributed by atoms with Crippen molar-refractivity contribution in [2.24, 2.45) is 10.9 Å². The lowest BCUT2D eigenvalue weighted by Gasteiger charge is -2.28. The summed E-state index contributed by atoms with van der Waals surface area (Å²) in [7, 11) is 1.49. The molecular formula is C18H14FN3O4. The van der Waals surface area contributed by atoms with Crippen molar-refractivity contribution in [3.05, 3.63) is 54.3 Å². The Labute approximate surface area is 148 Å². The summed E-state index contributed by atoms with van der Waals surface area (Å²) in [5, 5.41) is 2.10. The zero-order chi connectivity index (χ0) is 18.7. The lowest BCUT2D eigenvalue weighted by Crippen LogP contribution is -2.58. The number of hydrogen-bond acceptors (Lipinski definition) is 5. The summed E-state index contributed by atoms with van der Waals surface area (Å²) < 4.78 is 18.7. The minimum atomic E-state index is -1.35. The molecule has 2 aromatic rings. The van der Waals surface area contributed by atoms with Crippen molar-refractivity contribution >= 4 is 35.4 Å². The minimum Gasteiger partial charge on any atom is -0.497 e. The van der Waals surface area contributed by atoms with Gasteiger partial charge in [0.1, 0.15) is 11.6 Å². The summed E-state index contributed by atoms with van der Waals surface area (Å²) in [4.78, 5) is 41.4. The summed E-state index contributed by atoms with van der Waals surface area (Å²) >= 11 is 0. The fourth-order valence-corrected chi connectivity index (χ4v) is 2.41. The molecule has 0 aliphatic carbocycles. The van der Waals surface area contributed by atoms with Gasteiger partial charge in [-0.25, -0.2) is 14.1 Å². The molecule has 0 aromatic heterocycles. The molecule has 1 N–H and O–H groups in total. The molecule has 1 aliphatic heterocycles. The molecule has 26 heavy (non-hydrogen) atoms. The van der Waals surface area contributed by atoms with Crippen LogP contribution in [-0.2, 0) is 9.59 Å². The van der Waals surface area contributed by atoms with Gasteiger partial charge in [0.05, 0.1) is 18.5 Å². The van der Waals surface area contributed by atoms with Crippen LogP contribution in [0.2, 0.25) is 0 Å². The van der Waals surface area contributed by atoms with Gasteiger partial charge in [-0.2, -0.15) is 0 Å². The summed E-state index contributed by atoms with van der Waals surface area (Å²) in [6.45, 7) is 0. The van der Waals surface area contributed by atoms with E-state index in [1.165, 1.54) is 37.4 Å². The highest BCUT2D eigenvalue weighted by Crippen LogP contribution is 2.24. The Morgan fingerprint density at radius 2 is 1.81 bits per heavy atom. The highest BCUT2D eigenvalue weighted by Gasteiger charge is 2.40. The van der Waals surface area contributed by atoms with Gasteiger partial charge >= 0.3 is 6.03 Å². The largest absolute Gasteiger partial charge is 0.497 e. The summed E-state index contributed by atoms with van der Waals surface area (Å²) in [5.41, 5.74) is 0.256. The average Bonchev–Trinajstić information content (AvgIpc) is 2.63. The third-order valence-corrected chi connectivity index (χ3v) is 3.75. The number of methoxy groups -OCH3 is 1. The molecule has 1 fully saturated rings. The third kappa shape index (κ3) is 3.30. The SMILES string of the molecule is COc1ccc(N2C(=O)NC(=O)[C@@H](C=Nc3ccccc3F)C2=O)cc1. The van der Waals surface area contributed by atoms with Gasteiger partial charge < -0.3 is 4.74 Å². The molecule has 1 heterocycles. The normalized spacial score (nSPS) is 17.5. The van der Waals surface area contributed by atoms with Gasteiger partial charge in [0.15, 0.2) is 5.92 Å². The number of urea groups is 1. The van der Waals surface area contributed by atoms with E-state index in [1.54, 1.807) is 18.2 Å². The van der Waals surface area contributed by atoms with E-state index in [4.69, 9.17) is 4.74 Å². The summed E-state index contributed by atoms with van der Waals surface area (Å²) in [6, 6.07) is 11.0. The van der Waals surface area contributed by atoms with Gasteiger partial charge in [0, 0.05) is 6.21 Å². The van der Waals surface area contributed by atoms with Gasteiger partial charge in [-0.1, -0.05) is 12.1 Å². The number of aliphatic imine (C=N–C) groups is 1. The number of para-hydroxylation sites is 1. The molecule has 0 saturated carbocycles. The molecule has 2 aromatic carbocycles. The molecular weight excluding hydrogens is 341 g/mol. The number of rotatable bonds is 4. The number of imide groups is 2. The number of benzene rings is 2. The maximum atomic E-state index is 13.6. The van der Waals surface area contributed by atoms with Crippen molar-refractivity contribution in [1.82, 2.24) is 5.32 Å². The fraction of sp³-hybridized carbons (Fsp3) is 0.111. The Kier molecular flexibility index (Phi) is 4.74. The Morgan fingerprint density at radius 3 is 2.46 bits per heavy atom. The molecule has 3 rings (SSSR count). The zero-order valence-corrected chi connectivity index (χ0v) is 13.7. The van der Waals surface area contributed by atoms with Crippen LogP contribution in [0.1, 0.15) is 0 Å². The maximum absolute atomic E-state index is 13.6. The van der Waals surface area contributed by atoms with E-state index in [2.05, 4.69) is 10.3 Å². The van der Waals surface area contributed by atoms with Crippen molar-refractivity contribution in [2.45, 2.75) is 0 Å². The van der Waals surface area contributed by atoms with Crippen molar-refractivity contribution < 1.29 is 23.5 Å². The van der Waals surface area contributed by atoms with Crippen LogP contribution in [0, 0.1) is 11.7 Å². The molecule has 0 spiro atoms. The van der Waals surface area contributed by atoms with Gasteiger partial charge in [-0.05, 0) is 36.4 Å². The first-order chi connectivity index (χ1) is 12.5. The lowest BCUT2D eigenvalue weighted by atomic mass is 10.1. The molecule has 1 saturated heterocycles. The summed E-state index contributed by atoms with van der Waals surface area (Å²) in [6.07, 6.45) is 1.03. The van der Waals surface area contributed by atoms with E-state index >= 15 is 0 Å². The molecule has 1 atom stereocenters. The van der Waals surface area contributed by atoms with Crippen LogP contribution in [0.5, 0.6) is 5.75 Å². The van der Waals surface area contributed by atoms with E-state index in [1.807, 2.05) is 0 Å². The number of carbonyl (C=O) groups is 3. The van der Waals surface area contributed by atoms with E-state index in [0.717, 1.165) is 11.1 Å². The van der Waals surface area contributed by atoms with Crippen molar-refractivity contribution in [3.63, 3.8) is 0 Å². The van der Waals surface area contributed by atoms with E-state index in [9.17, 15) is 18.8 Å². The van der Waals surface area contributed by atoms with Gasteiger partial charge in [-0.15, -0.1) is 0 Å². The molecule has 4 amide bonds. The first-order valence-electron chi connectivity index (χ1n) is 7.63. The quantitative estimate of drug-likeness (QED) is 0.674. The van der Waals surface area contributed by atoms with Crippen LogP contribution in [0.25, 0.3) is 0 Å². The average molecular weight is 355 g/mol. The molecule has 0 unspecified atom stereocenters. The second-order valence-electron chi connectivity index (χ2n) is 5.37. The Balaban J connectivity index is 1.89. The van der Waals surface area contributed by atoms with Crippen molar-refractivity contribution in [1.29, 1.82) is 0 Å². The zero-order valence-electron chi connectivity index (χ0n) is 13.7. The van der Waals surface area contributed by atoms with Gasteiger partial charge in [-0.3, -0.25) is 19.9 Å². The first kappa shape index (κ1) is 17.3. The highest BCUT2D eigenvalue weighted by molar-refractivity contribution is 6.32. The molecule has 8 heteroatoms. The van der Waals surface area contributed by atoms with E-state index in [-0.39, 0.29) is 11.4 Å². The van der Waals surface area contributed by atoms with Crippen LogP contribution >= 0.6 is 0 Å². The number of nitrogens with zero attached hydrogens (tertiary/aromatic N) is 2. The number of hydrogen-bond donors (Lipinski definition) is 1. The molecule has 1 aliphatic rings. The van der Waals surface area contributed by atoms with Crippen LogP contribution in [0.4, 0.5) is 20.6 Å². The first-order valence-corrected chi connectivity index (χ1v) is 7.63. The monoisotopic (exact) mass is 355 g/mol. The van der Waals surface area contributed by atoms with Crippen LogP contribution in [0.3, 0.4) is 0 Å². The molecule has 7 nitrogen and oxygen atoms in total. The Morgan fingerprint density at radius 1 is 1.12 bits per heavy atom. The molecule has 132 valence electrons.